The fourth-order valence-electron chi connectivity index (χ4n) is 2.87. The SMILES string of the molecule is C[C@H]1CCCC[C@@H]1Cn1c(=O)nc(N(C)C)n(N)c1=O. The van der Waals surface area contributed by atoms with Crippen molar-refractivity contribution in [2.24, 2.45) is 11.8 Å². The Kier molecular flexibility index (Phi) is 4.15. The van der Waals surface area contributed by atoms with Crippen molar-refractivity contribution in [3.8, 4) is 0 Å². The zero-order chi connectivity index (χ0) is 14.9. The molecule has 7 nitrogen and oxygen atoms in total. The zero-order valence-corrected chi connectivity index (χ0v) is 12.4. The summed E-state index contributed by atoms with van der Waals surface area (Å²) in [6, 6.07) is 0. The first-order valence-electron chi connectivity index (χ1n) is 7.08. The first-order valence-corrected chi connectivity index (χ1v) is 7.08. The lowest BCUT2D eigenvalue weighted by Crippen LogP contribution is -2.48. The molecule has 0 spiro atoms. The summed E-state index contributed by atoms with van der Waals surface area (Å²) in [5, 5.41) is 0. The van der Waals surface area contributed by atoms with E-state index in [-0.39, 0.29) is 5.95 Å². The summed E-state index contributed by atoms with van der Waals surface area (Å²) in [5.41, 5.74) is -1.01. The number of hydrogen-bond acceptors (Lipinski definition) is 5. The van der Waals surface area contributed by atoms with E-state index in [1.807, 2.05) is 0 Å². The Morgan fingerprint density at radius 2 is 1.95 bits per heavy atom. The highest BCUT2D eigenvalue weighted by Gasteiger charge is 2.24. The lowest BCUT2D eigenvalue weighted by atomic mass is 9.80. The Balaban J connectivity index is 2.35. The average Bonchev–Trinajstić information content (AvgIpc) is 2.40. The summed E-state index contributed by atoms with van der Waals surface area (Å²) in [6.07, 6.45) is 4.59. The van der Waals surface area contributed by atoms with Crippen molar-refractivity contribution in [2.75, 3.05) is 24.8 Å². The highest BCUT2D eigenvalue weighted by molar-refractivity contribution is 5.26. The van der Waals surface area contributed by atoms with E-state index in [1.54, 1.807) is 19.0 Å². The third-order valence-corrected chi connectivity index (χ3v) is 4.19. The smallest absolute Gasteiger partial charge is 0.347 e. The maximum absolute atomic E-state index is 12.2. The average molecular weight is 281 g/mol. The van der Waals surface area contributed by atoms with E-state index in [0.29, 0.717) is 18.4 Å². The van der Waals surface area contributed by atoms with Crippen LogP contribution in [-0.2, 0) is 6.54 Å². The predicted molar refractivity (Wildman–Crippen MR) is 78.4 cm³/mol. The van der Waals surface area contributed by atoms with Crippen LogP contribution in [-0.4, -0.2) is 28.3 Å². The molecular formula is C13H23N5O2. The Bertz CT molecular complexity index is 589. The van der Waals surface area contributed by atoms with Crippen molar-refractivity contribution >= 4 is 5.95 Å². The molecule has 20 heavy (non-hydrogen) atoms. The van der Waals surface area contributed by atoms with Crippen LogP contribution >= 0.6 is 0 Å². The van der Waals surface area contributed by atoms with Gasteiger partial charge in [-0.2, -0.15) is 9.66 Å². The van der Waals surface area contributed by atoms with Crippen molar-refractivity contribution in [2.45, 2.75) is 39.2 Å². The number of rotatable bonds is 3. The number of nitrogens with zero attached hydrogens (tertiary/aromatic N) is 4. The lowest BCUT2D eigenvalue weighted by Gasteiger charge is -2.29. The van der Waals surface area contributed by atoms with Crippen LogP contribution in [0.3, 0.4) is 0 Å². The third-order valence-electron chi connectivity index (χ3n) is 4.19. The molecule has 0 amide bonds. The van der Waals surface area contributed by atoms with Crippen molar-refractivity contribution in [3.05, 3.63) is 21.0 Å². The van der Waals surface area contributed by atoms with Crippen LogP contribution in [0.25, 0.3) is 0 Å². The predicted octanol–water partition coefficient (Wildman–Crippen LogP) is 0.0111. The molecule has 7 heteroatoms. The van der Waals surface area contributed by atoms with E-state index < -0.39 is 11.4 Å². The van der Waals surface area contributed by atoms with Crippen LogP contribution in [0.5, 0.6) is 0 Å². The number of nitrogens with two attached hydrogens (primary N) is 1. The molecule has 1 fully saturated rings. The molecule has 2 atom stereocenters. The van der Waals surface area contributed by atoms with Crippen molar-refractivity contribution in [1.29, 1.82) is 0 Å². The van der Waals surface area contributed by atoms with Gasteiger partial charge < -0.3 is 10.7 Å². The topological polar surface area (TPSA) is 86.2 Å². The van der Waals surface area contributed by atoms with Gasteiger partial charge in [-0.25, -0.2) is 14.2 Å². The van der Waals surface area contributed by atoms with Gasteiger partial charge in [0.15, 0.2) is 0 Å². The molecule has 1 heterocycles. The van der Waals surface area contributed by atoms with E-state index in [4.69, 9.17) is 5.84 Å². The minimum atomic E-state index is -0.516. The van der Waals surface area contributed by atoms with Crippen LogP contribution in [0.2, 0.25) is 0 Å². The van der Waals surface area contributed by atoms with Gasteiger partial charge in [-0.15, -0.1) is 0 Å². The van der Waals surface area contributed by atoms with Crippen LogP contribution < -0.4 is 22.1 Å². The normalized spacial score (nSPS) is 22.8. The minimum Gasteiger partial charge on any atom is -0.347 e. The van der Waals surface area contributed by atoms with E-state index >= 15 is 0 Å². The second-order valence-corrected chi connectivity index (χ2v) is 5.87. The molecule has 1 saturated carbocycles. The van der Waals surface area contributed by atoms with Crippen LogP contribution in [0.1, 0.15) is 32.6 Å². The quantitative estimate of drug-likeness (QED) is 0.789. The van der Waals surface area contributed by atoms with Crippen LogP contribution in [0.4, 0.5) is 5.95 Å². The van der Waals surface area contributed by atoms with Gasteiger partial charge in [0.25, 0.3) is 0 Å². The molecule has 0 aliphatic heterocycles. The number of aromatic nitrogens is 3. The Hall–Kier alpha value is -1.79. The third kappa shape index (κ3) is 2.71. The summed E-state index contributed by atoms with van der Waals surface area (Å²) in [7, 11) is 3.39. The molecule has 0 aromatic carbocycles. The molecule has 0 unspecified atom stereocenters. The summed E-state index contributed by atoms with van der Waals surface area (Å²) >= 11 is 0. The van der Waals surface area contributed by atoms with Gasteiger partial charge >= 0.3 is 11.4 Å². The zero-order valence-electron chi connectivity index (χ0n) is 12.4. The second kappa shape index (κ2) is 5.68. The summed E-state index contributed by atoms with van der Waals surface area (Å²) in [4.78, 5) is 29.7. The number of nitrogen functional groups attached to an aromatic ring is 1. The van der Waals surface area contributed by atoms with Crippen molar-refractivity contribution in [1.82, 2.24) is 14.2 Å². The lowest BCUT2D eigenvalue weighted by molar-refractivity contribution is 0.222. The molecule has 2 rings (SSSR count). The molecule has 0 bridgehead atoms. The molecule has 1 aromatic rings. The van der Waals surface area contributed by atoms with Crippen LogP contribution in [0.15, 0.2) is 9.59 Å². The molecular weight excluding hydrogens is 258 g/mol. The first-order chi connectivity index (χ1) is 9.41. The number of anilines is 1. The van der Waals surface area contributed by atoms with E-state index in [9.17, 15) is 9.59 Å². The standard InChI is InChI=1S/C13H23N5O2/c1-9-6-4-5-7-10(9)8-17-12(19)15-11(16(2)3)18(14)13(17)20/h9-10H,4-8,14H2,1-3H3/t9-,10+/m0/s1. The fraction of sp³-hybridized carbons (Fsp3) is 0.769. The van der Waals surface area contributed by atoms with Gasteiger partial charge in [0.1, 0.15) is 0 Å². The van der Waals surface area contributed by atoms with E-state index in [0.717, 1.165) is 23.9 Å². The highest BCUT2D eigenvalue weighted by atomic mass is 16.2. The van der Waals surface area contributed by atoms with E-state index in [2.05, 4.69) is 11.9 Å². The van der Waals surface area contributed by atoms with Crippen molar-refractivity contribution < 1.29 is 0 Å². The Morgan fingerprint density at radius 3 is 2.55 bits per heavy atom. The number of hydrogen-bond donors (Lipinski definition) is 1. The van der Waals surface area contributed by atoms with Crippen LogP contribution in [0, 0.1) is 11.8 Å². The molecule has 2 N–H and O–H groups in total. The monoisotopic (exact) mass is 281 g/mol. The molecule has 1 aliphatic rings. The Labute approximate surface area is 118 Å². The van der Waals surface area contributed by atoms with Gasteiger partial charge in [0, 0.05) is 20.6 Å². The largest absolute Gasteiger partial charge is 0.355 e. The Morgan fingerprint density at radius 1 is 1.30 bits per heavy atom. The first kappa shape index (κ1) is 14.6. The fourth-order valence-corrected chi connectivity index (χ4v) is 2.87. The maximum Gasteiger partial charge on any atom is 0.355 e. The van der Waals surface area contributed by atoms with Gasteiger partial charge in [-0.05, 0) is 18.3 Å². The summed E-state index contributed by atoms with van der Waals surface area (Å²) < 4.78 is 2.11. The van der Waals surface area contributed by atoms with Gasteiger partial charge in [-0.3, -0.25) is 0 Å². The van der Waals surface area contributed by atoms with E-state index in [1.165, 1.54) is 11.0 Å². The van der Waals surface area contributed by atoms with Gasteiger partial charge in [-0.1, -0.05) is 26.2 Å². The molecule has 1 aliphatic carbocycles. The molecule has 112 valence electrons. The highest BCUT2D eigenvalue weighted by Crippen LogP contribution is 2.30. The van der Waals surface area contributed by atoms with Crippen molar-refractivity contribution in [3.63, 3.8) is 0 Å². The molecule has 1 aromatic heterocycles. The van der Waals surface area contributed by atoms with Gasteiger partial charge in [0.05, 0.1) is 0 Å². The van der Waals surface area contributed by atoms with Gasteiger partial charge in [0.2, 0.25) is 5.95 Å². The second-order valence-electron chi connectivity index (χ2n) is 5.87. The minimum absolute atomic E-state index is 0.174. The molecule has 0 radical (unpaired) electrons. The maximum atomic E-state index is 12.2. The summed E-state index contributed by atoms with van der Waals surface area (Å²) in [6.45, 7) is 2.59. The summed E-state index contributed by atoms with van der Waals surface area (Å²) in [5.74, 6) is 6.78. The molecule has 0 saturated heterocycles.